The highest BCUT2D eigenvalue weighted by Gasteiger charge is 2.25. The molecule has 0 saturated heterocycles. The van der Waals surface area contributed by atoms with Gasteiger partial charge in [0.05, 0.1) is 5.69 Å². The zero-order chi connectivity index (χ0) is 15.8. The van der Waals surface area contributed by atoms with E-state index in [1.807, 2.05) is 4.72 Å². The van der Waals surface area contributed by atoms with Crippen LogP contribution in [0.3, 0.4) is 0 Å². The Morgan fingerprint density at radius 1 is 1.05 bits per heavy atom. The second-order valence-corrected chi connectivity index (χ2v) is 5.95. The molecule has 0 spiro atoms. The molecule has 0 radical (unpaired) electrons. The number of nitrogens with one attached hydrogen (secondary N) is 1. The van der Waals surface area contributed by atoms with Gasteiger partial charge in [0.15, 0.2) is 4.90 Å². The highest BCUT2D eigenvalue weighted by atomic mass is 32.2. The predicted octanol–water partition coefficient (Wildman–Crippen LogP) is 2.80. The number of sulfonamides is 1. The molecule has 3 N–H and O–H groups in total. The third-order valence-electron chi connectivity index (χ3n) is 2.80. The zero-order valence-corrected chi connectivity index (χ0v) is 11.6. The van der Waals surface area contributed by atoms with Crippen molar-refractivity contribution < 1.29 is 21.6 Å². The molecule has 112 valence electrons. The molecule has 0 aromatic heterocycles. The molecule has 4 nitrogen and oxygen atoms in total. The van der Waals surface area contributed by atoms with Crippen molar-refractivity contribution in [3.63, 3.8) is 0 Å². The summed E-state index contributed by atoms with van der Waals surface area (Å²) in [5, 5.41) is 0. The van der Waals surface area contributed by atoms with Crippen LogP contribution in [0.1, 0.15) is 5.56 Å². The minimum atomic E-state index is -4.55. The van der Waals surface area contributed by atoms with Crippen LogP contribution in [-0.2, 0) is 10.0 Å². The Labute approximate surface area is 119 Å². The fourth-order valence-corrected chi connectivity index (χ4v) is 2.99. The molecular weight excluding hydrogens is 305 g/mol. The van der Waals surface area contributed by atoms with Crippen LogP contribution in [0.15, 0.2) is 35.2 Å². The zero-order valence-electron chi connectivity index (χ0n) is 10.8. The van der Waals surface area contributed by atoms with Crippen molar-refractivity contribution in [3.05, 3.63) is 53.3 Å². The van der Waals surface area contributed by atoms with Crippen LogP contribution in [-0.4, -0.2) is 8.42 Å². The Bertz CT molecular complexity index is 784. The number of halogens is 3. The third-order valence-corrected chi connectivity index (χ3v) is 4.22. The summed E-state index contributed by atoms with van der Waals surface area (Å²) in [6, 6.07) is 5.07. The number of benzene rings is 2. The van der Waals surface area contributed by atoms with Gasteiger partial charge in [-0.05, 0) is 31.2 Å². The van der Waals surface area contributed by atoms with E-state index in [4.69, 9.17) is 5.73 Å². The summed E-state index contributed by atoms with van der Waals surface area (Å²) in [4.78, 5) is -1.17. The maximum atomic E-state index is 13.7. The first kappa shape index (κ1) is 15.2. The average molecular weight is 316 g/mol. The summed E-state index contributed by atoms with van der Waals surface area (Å²) in [6.45, 7) is 1.34. The number of hydrogen-bond donors (Lipinski definition) is 2. The number of anilines is 2. The Balaban J connectivity index is 2.51. The van der Waals surface area contributed by atoms with Crippen LogP contribution < -0.4 is 10.5 Å². The van der Waals surface area contributed by atoms with Crippen molar-refractivity contribution in [1.82, 2.24) is 0 Å². The number of hydrogen-bond acceptors (Lipinski definition) is 3. The molecule has 0 bridgehead atoms. The Morgan fingerprint density at radius 2 is 1.62 bits per heavy atom. The molecule has 0 amide bonds. The van der Waals surface area contributed by atoms with E-state index in [0.29, 0.717) is 12.1 Å². The lowest BCUT2D eigenvalue weighted by Crippen LogP contribution is -2.17. The van der Waals surface area contributed by atoms with Crippen molar-refractivity contribution in [3.8, 4) is 0 Å². The molecular formula is C13H11F3N2O2S. The van der Waals surface area contributed by atoms with Crippen LogP contribution >= 0.6 is 0 Å². The fourth-order valence-electron chi connectivity index (χ4n) is 1.75. The Kier molecular flexibility index (Phi) is 3.82. The summed E-state index contributed by atoms with van der Waals surface area (Å²) < 4.78 is 66.8. The molecule has 0 unspecified atom stereocenters. The van der Waals surface area contributed by atoms with Crippen LogP contribution in [0.5, 0.6) is 0 Å². The molecule has 2 aromatic rings. The normalized spacial score (nSPS) is 11.4. The van der Waals surface area contributed by atoms with Gasteiger partial charge < -0.3 is 5.73 Å². The van der Waals surface area contributed by atoms with Gasteiger partial charge in [-0.3, -0.25) is 4.72 Å². The smallest absolute Gasteiger partial charge is 0.267 e. The molecule has 0 saturated carbocycles. The molecule has 0 aliphatic heterocycles. The fraction of sp³-hybridized carbons (Fsp3) is 0.0769. The number of nitrogen functional groups attached to an aromatic ring is 1. The summed E-state index contributed by atoms with van der Waals surface area (Å²) in [5.74, 6) is -3.29. The monoisotopic (exact) mass is 316 g/mol. The van der Waals surface area contributed by atoms with Crippen LogP contribution in [0.4, 0.5) is 24.5 Å². The van der Waals surface area contributed by atoms with Gasteiger partial charge in [-0.25, -0.2) is 21.6 Å². The topological polar surface area (TPSA) is 72.2 Å². The van der Waals surface area contributed by atoms with Gasteiger partial charge in [-0.15, -0.1) is 0 Å². The lowest BCUT2D eigenvalue weighted by molar-refractivity contribution is 0.522. The van der Waals surface area contributed by atoms with E-state index >= 15 is 0 Å². The molecule has 0 aliphatic carbocycles. The van der Waals surface area contributed by atoms with E-state index in [-0.39, 0.29) is 16.9 Å². The van der Waals surface area contributed by atoms with Gasteiger partial charge in [0.25, 0.3) is 10.0 Å². The second kappa shape index (κ2) is 5.28. The summed E-state index contributed by atoms with van der Waals surface area (Å²) in [7, 11) is -4.55. The lowest BCUT2D eigenvalue weighted by atomic mass is 10.2. The van der Waals surface area contributed by atoms with E-state index in [9.17, 15) is 21.6 Å². The molecule has 2 aromatic carbocycles. The van der Waals surface area contributed by atoms with Crippen molar-refractivity contribution in [2.24, 2.45) is 0 Å². The van der Waals surface area contributed by atoms with E-state index in [1.165, 1.54) is 19.1 Å². The van der Waals surface area contributed by atoms with Gasteiger partial charge in [0.2, 0.25) is 0 Å². The van der Waals surface area contributed by atoms with Crippen molar-refractivity contribution in [2.75, 3.05) is 10.5 Å². The van der Waals surface area contributed by atoms with E-state index < -0.39 is 32.4 Å². The quantitative estimate of drug-likeness (QED) is 0.855. The highest BCUT2D eigenvalue weighted by Crippen LogP contribution is 2.26. The summed E-state index contributed by atoms with van der Waals surface area (Å²) in [6.07, 6.45) is 0. The molecule has 0 aliphatic rings. The first-order chi connectivity index (χ1) is 9.72. The van der Waals surface area contributed by atoms with Crippen LogP contribution in [0.2, 0.25) is 0 Å². The molecule has 21 heavy (non-hydrogen) atoms. The molecule has 8 heteroatoms. The second-order valence-electron chi connectivity index (χ2n) is 4.33. The number of rotatable bonds is 3. The Hall–Kier alpha value is -2.22. The maximum Gasteiger partial charge on any atom is 0.267 e. The van der Waals surface area contributed by atoms with Gasteiger partial charge in [-0.1, -0.05) is 6.07 Å². The molecule has 0 heterocycles. The Morgan fingerprint density at radius 3 is 2.19 bits per heavy atom. The SMILES string of the molecule is Cc1c(F)cccc1NS(=O)(=O)c1c(F)cc(N)cc1F. The van der Waals surface area contributed by atoms with Crippen LogP contribution in [0, 0.1) is 24.4 Å². The highest BCUT2D eigenvalue weighted by molar-refractivity contribution is 7.92. The van der Waals surface area contributed by atoms with Gasteiger partial charge >= 0.3 is 0 Å². The largest absolute Gasteiger partial charge is 0.399 e. The van der Waals surface area contributed by atoms with Gasteiger partial charge in [0.1, 0.15) is 17.5 Å². The molecule has 0 fully saturated rings. The number of nitrogens with two attached hydrogens (primary N) is 1. The average Bonchev–Trinajstić information content (AvgIpc) is 2.33. The minimum absolute atomic E-state index is 0.0114. The summed E-state index contributed by atoms with van der Waals surface area (Å²) >= 11 is 0. The standard InChI is InChI=1S/C13H11F3N2O2S/c1-7-9(14)3-2-4-12(7)18-21(19,20)13-10(15)5-8(17)6-11(13)16/h2-6,18H,17H2,1H3. The van der Waals surface area contributed by atoms with Gasteiger partial charge in [-0.2, -0.15) is 0 Å². The van der Waals surface area contributed by atoms with Gasteiger partial charge in [0, 0.05) is 11.3 Å². The van der Waals surface area contributed by atoms with E-state index in [1.54, 1.807) is 0 Å². The van der Waals surface area contributed by atoms with Crippen LogP contribution in [0.25, 0.3) is 0 Å². The minimum Gasteiger partial charge on any atom is -0.399 e. The lowest BCUT2D eigenvalue weighted by Gasteiger charge is -2.12. The van der Waals surface area contributed by atoms with E-state index in [2.05, 4.69) is 0 Å². The maximum absolute atomic E-state index is 13.7. The predicted molar refractivity (Wildman–Crippen MR) is 72.7 cm³/mol. The molecule has 0 atom stereocenters. The summed E-state index contributed by atoms with van der Waals surface area (Å²) in [5.41, 5.74) is 4.88. The first-order valence-corrected chi connectivity index (χ1v) is 7.23. The van der Waals surface area contributed by atoms with Crippen molar-refractivity contribution in [1.29, 1.82) is 0 Å². The third kappa shape index (κ3) is 2.94. The molecule has 2 rings (SSSR count). The van der Waals surface area contributed by atoms with Crippen molar-refractivity contribution >= 4 is 21.4 Å². The van der Waals surface area contributed by atoms with E-state index in [0.717, 1.165) is 6.07 Å². The first-order valence-electron chi connectivity index (χ1n) is 5.75. The van der Waals surface area contributed by atoms with Crippen molar-refractivity contribution in [2.45, 2.75) is 11.8 Å².